The molecule has 0 saturated heterocycles. The van der Waals surface area contributed by atoms with E-state index in [0.717, 1.165) is 26.1 Å². The maximum Gasteiger partial charge on any atom is 0.0196 e. The van der Waals surface area contributed by atoms with Crippen LogP contribution in [0, 0.1) is 13.8 Å². The Bertz CT molecular complexity index is 287. The van der Waals surface area contributed by atoms with Crippen molar-refractivity contribution >= 4 is 0 Å². The van der Waals surface area contributed by atoms with Crippen LogP contribution in [0.4, 0.5) is 0 Å². The Morgan fingerprint density at radius 1 is 1.29 bits per heavy atom. The first-order valence-corrected chi connectivity index (χ1v) is 5.57. The molecular formula is C12H22N2. The first kappa shape index (κ1) is 11.3. The molecule has 0 aliphatic rings. The molecule has 1 heterocycles. The molecule has 0 radical (unpaired) electrons. The van der Waals surface area contributed by atoms with Gasteiger partial charge in [-0.2, -0.15) is 0 Å². The smallest absolute Gasteiger partial charge is 0.0196 e. The van der Waals surface area contributed by atoms with Crippen molar-refractivity contribution in [2.24, 2.45) is 0 Å². The first-order chi connectivity index (χ1) is 6.70. The van der Waals surface area contributed by atoms with E-state index in [4.69, 9.17) is 0 Å². The molecule has 1 rings (SSSR count). The van der Waals surface area contributed by atoms with Crippen LogP contribution in [0.3, 0.4) is 0 Å². The summed E-state index contributed by atoms with van der Waals surface area (Å²) in [6, 6.07) is 2.32. The van der Waals surface area contributed by atoms with Crippen molar-refractivity contribution in [3.05, 3.63) is 23.0 Å². The van der Waals surface area contributed by atoms with Crippen LogP contribution in [0.5, 0.6) is 0 Å². The van der Waals surface area contributed by atoms with E-state index in [9.17, 15) is 0 Å². The second-order valence-corrected chi connectivity index (χ2v) is 3.74. The maximum atomic E-state index is 3.36. The summed E-state index contributed by atoms with van der Waals surface area (Å²) < 4.78 is 2.38. The lowest BCUT2D eigenvalue weighted by Gasteiger charge is -2.06. The van der Waals surface area contributed by atoms with Crippen molar-refractivity contribution in [1.82, 2.24) is 9.88 Å². The van der Waals surface area contributed by atoms with Crippen molar-refractivity contribution in [1.29, 1.82) is 0 Å². The molecule has 0 atom stereocenters. The van der Waals surface area contributed by atoms with Gasteiger partial charge in [-0.3, -0.25) is 0 Å². The Kier molecular flexibility index (Phi) is 4.21. The van der Waals surface area contributed by atoms with Gasteiger partial charge >= 0.3 is 0 Å². The van der Waals surface area contributed by atoms with Crippen LogP contribution in [0.1, 0.15) is 30.8 Å². The largest absolute Gasteiger partial charge is 0.349 e. The second-order valence-electron chi connectivity index (χ2n) is 3.74. The summed E-state index contributed by atoms with van der Waals surface area (Å²) >= 11 is 0. The highest BCUT2D eigenvalue weighted by molar-refractivity contribution is 5.26. The van der Waals surface area contributed by atoms with Gasteiger partial charge in [0.25, 0.3) is 0 Å². The molecule has 0 aliphatic heterocycles. The minimum Gasteiger partial charge on any atom is -0.349 e. The Balaban J connectivity index is 2.68. The van der Waals surface area contributed by atoms with Crippen molar-refractivity contribution < 1.29 is 0 Å². The van der Waals surface area contributed by atoms with E-state index >= 15 is 0 Å². The lowest BCUT2D eigenvalue weighted by atomic mass is 10.2. The van der Waals surface area contributed by atoms with Gasteiger partial charge in [0.1, 0.15) is 0 Å². The molecule has 0 bridgehead atoms. The average Bonchev–Trinajstić information content (AvgIpc) is 2.42. The van der Waals surface area contributed by atoms with Gasteiger partial charge in [-0.25, -0.2) is 0 Å². The Hall–Kier alpha value is -0.760. The van der Waals surface area contributed by atoms with Crippen LogP contribution >= 0.6 is 0 Å². The standard InChI is InChI=1S/C12H22N2/c1-5-13-8-7-12-9-10(3)14(6-2)11(12)4/h9,13H,5-8H2,1-4H3. The molecule has 0 fully saturated rings. The molecular weight excluding hydrogens is 172 g/mol. The van der Waals surface area contributed by atoms with Gasteiger partial charge in [0.05, 0.1) is 0 Å². The molecule has 0 aromatic carbocycles. The molecule has 1 aromatic heterocycles. The Labute approximate surface area is 87.3 Å². The summed E-state index contributed by atoms with van der Waals surface area (Å²) in [6.07, 6.45) is 1.15. The van der Waals surface area contributed by atoms with E-state index in [1.807, 2.05) is 0 Å². The molecule has 80 valence electrons. The van der Waals surface area contributed by atoms with Crippen molar-refractivity contribution in [2.75, 3.05) is 13.1 Å². The highest BCUT2D eigenvalue weighted by Crippen LogP contribution is 2.14. The molecule has 1 N–H and O–H groups in total. The van der Waals surface area contributed by atoms with E-state index in [1.54, 1.807) is 0 Å². The first-order valence-electron chi connectivity index (χ1n) is 5.57. The number of aryl methyl sites for hydroxylation is 1. The van der Waals surface area contributed by atoms with Crippen LogP contribution < -0.4 is 5.32 Å². The van der Waals surface area contributed by atoms with Gasteiger partial charge < -0.3 is 9.88 Å². The summed E-state index contributed by atoms with van der Waals surface area (Å²) in [7, 11) is 0. The van der Waals surface area contributed by atoms with Gasteiger partial charge in [0.2, 0.25) is 0 Å². The predicted molar refractivity (Wildman–Crippen MR) is 61.8 cm³/mol. The van der Waals surface area contributed by atoms with E-state index < -0.39 is 0 Å². The average molecular weight is 194 g/mol. The lowest BCUT2D eigenvalue weighted by molar-refractivity contribution is 0.696. The number of nitrogens with zero attached hydrogens (tertiary/aromatic N) is 1. The molecule has 0 spiro atoms. The summed E-state index contributed by atoms with van der Waals surface area (Å²) in [4.78, 5) is 0. The fourth-order valence-electron chi connectivity index (χ4n) is 2.01. The molecule has 1 aromatic rings. The zero-order chi connectivity index (χ0) is 10.6. The summed E-state index contributed by atoms with van der Waals surface area (Å²) in [5.74, 6) is 0. The quantitative estimate of drug-likeness (QED) is 0.712. The molecule has 0 unspecified atom stereocenters. The van der Waals surface area contributed by atoms with Crippen LogP contribution in [-0.2, 0) is 13.0 Å². The lowest BCUT2D eigenvalue weighted by Crippen LogP contribution is -2.16. The van der Waals surface area contributed by atoms with Gasteiger partial charge in [0.15, 0.2) is 0 Å². The molecule has 14 heavy (non-hydrogen) atoms. The van der Waals surface area contributed by atoms with Crippen LogP contribution in [0.15, 0.2) is 6.07 Å². The molecule has 2 nitrogen and oxygen atoms in total. The van der Waals surface area contributed by atoms with Crippen LogP contribution in [0.25, 0.3) is 0 Å². The second kappa shape index (κ2) is 5.20. The number of aromatic nitrogens is 1. The van der Waals surface area contributed by atoms with Crippen LogP contribution in [-0.4, -0.2) is 17.7 Å². The Morgan fingerprint density at radius 2 is 2.00 bits per heavy atom. The fourth-order valence-corrected chi connectivity index (χ4v) is 2.01. The highest BCUT2D eigenvalue weighted by atomic mass is 15.0. The van der Waals surface area contributed by atoms with Crippen molar-refractivity contribution in [3.63, 3.8) is 0 Å². The van der Waals surface area contributed by atoms with Gasteiger partial charge in [0, 0.05) is 17.9 Å². The number of rotatable bonds is 5. The van der Waals surface area contributed by atoms with E-state index in [-0.39, 0.29) is 0 Å². The monoisotopic (exact) mass is 194 g/mol. The number of hydrogen-bond acceptors (Lipinski definition) is 1. The summed E-state index contributed by atoms with van der Waals surface area (Å²) in [5.41, 5.74) is 4.31. The fraction of sp³-hybridized carbons (Fsp3) is 0.667. The molecule has 0 saturated carbocycles. The van der Waals surface area contributed by atoms with Gasteiger partial charge in [-0.05, 0) is 51.9 Å². The number of hydrogen-bond donors (Lipinski definition) is 1. The normalized spacial score (nSPS) is 10.9. The Morgan fingerprint density at radius 3 is 2.50 bits per heavy atom. The third-order valence-electron chi connectivity index (χ3n) is 2.82. The number of nitrogens with one attached hydrogen (secondary N) is 1. The van der Waals surface area contributed by atoms with Gasteiger partial charge in [-0.15, -0.1) is 0 Å². The van der Waals surface area contributed by atoms with Crippen LogP contribution in [0.2, 0.25) is 0 Å². The van der Waals surface area contributed by atoms with E-state index in [2.05, 4.69) is 43.6 Å². The molecule has 0 amide bonds. The maximum absolute atomic E-state index is 3.36. The zero-order valence-corrected chi connectivity index (χ0v) is 9.85. The zero-order valence-electron chi connectivity index (χ0n) is 9.85. The summed E-state index contributed by atoms with van der Waals surface area (Å²) in [6.45, 7) is 12.0. The minimum atomic E-state index is 1.06. The third kappa shape index (κ3) is 2.38. The number of likely N-dealkylation sites (N-methyl/N-ethyl adjacent to an activating group) is 1. The van der Waals surface area contributed by atoms with E-state index in [0.29, 0.717) is 0 Å². The summed E-state index contributed by atoms with van der Waals surface area (Å²) in [5, 5.41) is 3.36. The minimum absolute atomic E-state index is 1.06. The molecule has 0 aliphatic carbocycles. The molecule has 2 heteroatoms. The van der Waals surface area contributed by atoms with Crippen molar-refractivity contribution in [2.45, 2.75) is 40.7 Å². The van der Waals surface area contributed by atoms with E-state index in [1.165, 1.54) is 17.0 Å². The highest BCUT2D eigenvalue weighted by Gasteiger charge is 2.06. The predicted octanol–water partition coefficient (Wildman–Crippen LogP) is 2.28. The SMILES string of the molecule is CCNCCc1cc(C)n(CC)c1C. The topological polar surface area (TPSA) is 17.0 Å². The van der Waals surface area contributed by atoms with Crippen molar-refractivity contribution in [3.8, 4) is 0 Å². The van der Waals surface area contributed by atoms with Gasteiger partial charge in [-0.1, -0.05) is 6.92 Å². The third-order valence-corrected chi connectivity index (χ3v) is 2.82.